The van der Waals surface area contributed by atoms with Crippen LogP contribution in [0.15, 0.2) is 18.3 Å². The lowest BCUT2D eigenvalue weighted by molar-refractivity contribution is 0.192. The summed E-state index contributed by atoms with van der Waals surface area (Å²) >= 11 is 0. The molecule has 2 rings (SSSR count). The van der Waals surface area contributed by atoms with Crippen LogP contribution in [0.2, 0.25) is 0 Å². The fourth-order valence-electron chi connectivity index (χ4n) is 3.17. The lowest BCUT2D eigenvalue weighted by Gasteiger charge is -2.33. The molecule has 0 aliphatic heterocycles. The van der Waals surface area contributed by atoms with E-state index in [-0.39, 0.29) is 6.04 Å². The molecule has 1 fully saturated rings. The molecule has 1 saturated carbocycles. The average molecular weight is 249 g/mol. The molecule has 2 unspecified atom stereocenters. The van der Waals surface area contributed by atoms with Gasteiger partial charge in [0.1, 0.15) is 11.4 Å². The van der Waals surface area contributed by atoms with Crippen molar-refractivity contribution in [3.63, 3.8) is 0 Å². The number of aromatic nitrogens is 1. The third-order valence-corrected chi connectivity index (χ3v) is 4.24. The summed E-state index contributed by atoms with van der Waals surface area (Å²) in [6, 6.07) is 3.88. The van der Waals surface area contributed by atoms with E-state index < -0.39 is 0 Å². The SMILES string of the molecule is COc1cccnc1C(NN)C1CCCC1(C)C. The molecular formula is C14H23N3O. The van der Waals surface area contributed by atoms with Crippen LogP contribution in [0.3, 0.4) is 0 Å². The molecule has 2 atom stereocenters. The molecule has 0 spiro atoms. The Labute approximate surface area is 109 Å². The molecule has 1 aliphatic rings. The molecule has 100 valence electrons. The first-order valence-electron chi connectivity index (χ1n) is 6.55. The van der Waals surface area contributed by atoms with Crippen LogP contribution in [0.4, 0.5) is 0 Å². The third kappa shape index (κ3) is 2.35. The number of pyridine rings is 1. The van der Waals surface area contributed by atoms with Gasteiger partial charge in [0.15, 0.2) is 0 Å². The number of nitrogens with one attached hydrogen (secondary N) is 1. The summed E-state index contributed by atoms with van der Waals surface area (Å²) in [6.07, 6.45) is 5.47. The minimum absolute atomic E-state index is 0.0543. The van der Waals surface area contributed by atoms with Crippen molar-refractivity contribution < 1.29 is 4.74 Å². The molecule has 4 heteroatoms. The van der Waals surface area contributed by atoms with Crippen molar-refractivity contribution in [2.45, 2.75) is 39.2 Å². The maximum absolute atomic E-state index is 5.78. The zero-order valence-electron chi connectivity index (χ0n) is 11.4. The monoisotopic (exact) mass is 249 g/mol. The maximum Gasteiger partial charge on any atom is 0.142 e. The van der Waals surface area contributed by atoms with Gasteiger partial charge in [0.25, 0.3) is 0 Å². The van der Waals surface area contributed by atoms with E-state index in [2.05, 4.69) is 24.3 Å². The van der Waals surface area contributed by atoms with E-state index in [1.54, 1.807) is 13.3 Å². The van der Waals surface area contributed by atoms with E-state index in [1.807, 2.05) is 12.1 Å². The Morgan fingerprint density at radius 3 is 2.89 bits per heavy atom. The summed E-state index contributed by atoms with van der Waals surface area (Å²) < 4.78 is 5.40. The lowest BCUT2D eigenvalue weighted by atomic mass is 9.76. The van der Waals surface area contributed by atoms with Crippen molar-refractivity contribution >= 4 is 0 Å². The Morgan fingerprint density at radius 2 is 2.33 bits per heavy atom. The van der Waals surface area contributed by atoms with Crippen molar-refractivity contribution in [3.05, 3.63) is 24.0 Å². The number of methoxy groups -OCH3 is 1. The summed E-state index contributed by atoms with van der Waals surface area (Å²) in [7, 11) is 1.67. The van der Waals surface area contributed by atoms with Crippen molar-refractivity contribution in [1.29, 1.82) is 0 Å². The molecule has 1 aromatic heterocycles. The van der Waals surface area contributed by atoms with Gasteiger partial charge in [-0.2, -0.15) is 0 Å². The van der Waals surface area contributed by atoms with E-state index >= 15 is 0 Å². The molecule has 3 N–H and O–H groups in total. The minimum Gasteiger partial charge on any atom is -0.495 e. The van der Waals surface area contributed by atoms with Crippen LogP contribution < -0.4 is 16.0 Å². The highest BCUT2D eigenvalue weighted by molar-refractivity contribution is 5.30. The first-order valence-corrected chi connectivity index (χ1v) is 6.55. The number of nitrogens with zero attached hydrogens (tertiary/aromatic N) is 1. The molecule has 0 amide bonds. The fourth-order valence-corrected chi connectivity index (χ4v) is 3.17. The molecule has 18 heavy (non-hydrogen) atoms. The van der Waals surface area contributed by atoms with Gasteiger partial charge in [0.05, 0.1) is 13.2 Å². The van der Waals surface area contributed by atoms with Crippen LogP contribution in [0, 0.1) is 11.3 Å². The quantitative estimate of drug-likeness (QED) is 0.635. The van der Waals surface area contributed by atoms with E-state index in [0.29, 0.717) is 11.3 Å². The smallest absolute Gasteiger partial charge is 0.142 e. The van der Waals surface area contributed by atoms with Gasteiger partial charge >= 0.3 is 0 Å². The lowest BCUT2D eigenvalue weighted by Crippen LogP contribution is -2.38. The fraction of sp³-hybridized carbons (Fsp3) is 0.643. The zero-order chi connectivity index (χ0) is 13.2. The number of nitrogens with two attached hydrogens (primary N) is 1. The molecule has 4 nitrogen and oxygen atoms in total. The van der Waals surface area contributed by atoms with Gasteiger partial charge in [-0.05, 0) is 36.3 Å². The molecule has 0 bridgehead atoms. The predicted octanol–water partition coefficient (Wildman–Crippen LogP) is 2.42. The van der Waals surface area contributed by atoms with Crippen LogP contribution in [-0.2, 0) is 0 Å². The van der Waals surface area contributed by atoms with E-state index in [4.69, 9.17) is 10.6 Å². The van der Waals surface area contributed by atoms with Crippen LogP contribution >= 0.6 is 0 Å². The largest absolute Gasteiger partial charge is 0.495 e. The van der Waals surface area contributed by atoms with Crippen molar-refractivity contribution in [1.82, 2.24) is 10.4 Å². The van der Waals surface area contributed by atoms with E-state index in [9.17, 15) is 0 Å². The molecule has 0 saturated heterocycles. The van der Waals surface area contributed by atoms with Gasteiger partial charge < -0.3 is 4.74 Å². The highest BCUT2D eigenvalue weighted by Crippen LogP contribution is 2.49. The van der Waals surface area contributed by atoms with E-state index in [0.717, 1.165) is 11.4 Å². The van der Waals surface area contributed by atoms with Crippen molar-refractivity contribution in [2.24, 2.45) is 17.2 Å². The van der Waals surface area contributed by atoms with Gasteiger partial charge in [-0.25, -0.2) is 0 Å². The molecule has 0 radical (unpaired) electrons. The number of hydrogen-bond donors (Lipinski definition) is 2. The summed E-state index contributed by atoms with van der Waals surface area (Å²) in [4.78, 5) is 4.46. The first-order chi connectivity index (χ1) is 8.60. The van der Waals surface area contributed by atoms with E-state index in [1.165, 1.54) is 19.3 Å². The maximum atomic E-state index is 5.78. The normalized spacial score (nSPS) is 23.9. The summed E-state index contributed by atoms with van der Waals surface area (Å²) in [5, 5.41) is 0. The van der Waals surface area contributed by atoms with Crippen LogP contribution in [-0.4, -0.2) is 12.1 Å². The van der Waals surface area contributed by atoms with Gasteiger partial charge in [0.2, 0.25) is 0 Å². The average Bonchev–Trinajstić information content (AvgIpc) is 2.71. The number of hydrogen-bond acceptors (Lipinski definition) is 4. The minimum atomic E-state index is 0.0543. The highest BCUT2D eigenvalue weighted by atomic mass is 16.5. The standard InChI is InChI=1S/C14H23N3O/c1-14(2)8-4-6-10(14)12(17-15)13-11(18-3)7-5-9-16-13/h5,7,9-10,12,17H,4,6,8,15H2,1-3H3. The second kappa shape index (κ2) is 5.24. The van der Waals surface area contributed by atoms with Gasteiger partial charge in [-0.3, -0.25) is 16.3 Å². The Hall–Kier alpha value is -1.13. The zero-order valence-corrected chi connectivity index (χ0v) is 11.4. The first kappa shape index (κ1) is 13.3. The van der Waals surface area contributed by atoms with Crippen molar-refractivity contribution in [2.75, 3.05) is 7.11 Å². The molecule has 0 aromatic carbocycles. The molecule has 1 aromatic rings. The predicted molar refractivity (Wildman–Crippen MR) is 72.0 cm³/mol. The number of hydrazine groups is 1. The Kier molecular flexibility index (Phi) is 3.88. The summed E-state index contributed by atoms with van der Waals surface area (Å²) in [5.41, 5.74) is 4.16. The topological polar surface area (TPSA) is 60.2 Å². The van der Waals surface area contributed by atoms with Gasteiger partial charge in [-0.15, -0.1) is 0 Å². The summed E-state index contributed by atoms with van der Waals surface area (Å²) in [6.45, 7) is 4.62. The second-order valence-electron chi connectivity index (χ2n) is 5.72. The van der Waals surface area contributed by atoms with Crippen LogP contribution in [0.25, 0.3) is 0 Å². The number of ether oxygens (including phenoxy) is 1. The second-order valence-corrected chi connectivity index (χ2v) is 5.72. The Balaban J connectivity index is 2.33. The van der Waals surface area contributed by atoms with Crippen molar-refractivity contribution in [3.8, 4) is 5.75 Å². The van der Waals surface area contributed by atoms with Gasteiger partial charge in [0, 0.05) is 6.20 Å². The summed E-state index contributed by atoms with van der Waals surface area (Å²) in [5.74, 6) is 7.08. The highest BCUT2D eigenvalue weighted by Gasteiger charge is 2.41. The Morgan fingerprint density at radius 1 is 1.56 bits per heavy atom. The molecule has 1 aliphatic carbocycles. The number of rotatable bonds is 4. The van der Waals surface area contributed by atoms with Crippen LogP contribution in [0.5, 0.6) is 5.75 Å². The van der Waals surface area contributed by atoms with Gasteiger partial charge in [-0.1, -0.05) is 20.3 Å². The molecular weight excluding hydrogens is 226 g/mol. The third-order valence-electron chi connectivity index (χ3n) is 4.24. The molecule has 1 heterocycles. The van der Waals surface area contributed by atoms with Crippen LogP contribution in [0.1, 0.15) is 44.8 Å². The Bertz CT molecular complexity index is 406.